The molecule has 1 fully saturated rings. The summed E-state index contributed by atoms with van der Waals surface area (Å²) < 4.78 is 18.9. The minimum atomic E-state index is -0.181. The van der Waals surface area contributed by atoms with Crippen LogP contribution in [0.25, 0.3) is 0 Å². The van der Waals surface area contributed by atoms with Gasteiger partial charge in [-0.2, -0.15) is 0 Å². The number of halogens is 2. The van der Waals surface area contributed by atoms with Crippen LogP contribution in [0.2, 0.25) is 0 Å². The van der Waals surface area contributed by atoms with Gasteiger partial charge in [0.25, 0.3) is 0 Å². The number of aryl methyl sites for hydroxylation is 1. The minimum Gasteiger partial charge on any atom is -0.493 e. The van der Waals surface area contributed by atoms with Gasteiger partial charge in [0.1, 0.15) is 11.6 Å². The van der Waals surface area contributed by atoms with Crippen molar-refractivity contribution < 1.29 is 13.8 Å². The molecule has 108 valence electrons. The van der Waals surface area contributed by atoms with Crippen LogP contribution in [0, 0.1) is 18.7 Å². The van der Waals surface area contributed by atoms with Crippen molar-refractivity contribution in [3.05, 3.63) is 29.6 Å². The molecule has 3 heteroatoms. The Morgan fingerprint density at radius 3 is 2.63 bits per heavy atom. The molecule has 0 atom stereocenters. The molecular weight excluding hydrogens is 246 g/mol. The molecule has 1 aliphatic carbocycles. The molecule has 1 nitrogen and oxygen atoms in total. The first-order valence-corrected chi connectivity index (χ1v) is 7.14. The van der Waals surface area contributed by atoms with E-state index in [0.29, 0.717) is 17.9 Å². The lowest BCUT2D eigenvalue weighted by atomic mass is 9.86. The Bertz CT molecular complexity index is 373. The summed E-state index contributed by atoms with van der Waals surface area (Å²) in [6.45, 7) is 2.47. The average molecular weight is 270 g/mol. The molecular formula is C16H24F2O. The lowest BCUT2D eigenvalue weighted by Crippen LogP contribution is -2.08. The van der Waals surface area contributed by atoms with Crippen LogP contribution >= 0.6 is 0 Å². The van der Waals surface area contributed by atoms with Crippen LogP contribution < -0.4 is 4.74 Å². The van der Waals surface area contributed by atoms with Crippen LogP contribution in [-0.2, 0) is 0 Å². The van der Waals surface area contributed by atoms with Crippen LogP contribution in [-0.4, -0.2) is 6.61 Å². The zero-order chi connectivity index (χ0) is 12.8. The average Bonchev–Trinajstić information content (AvgIpc) is 2.40. The van der Waals surface area contributed by atoms with E-state index in [1.807, 2.05) is 6.07 Å². The Morgan fingerprint density at radius 1 is 1.21 bits per heavy atom. The van der Waals surface area contributed by atoms with Crippen molar-refractivity contribution in [1.82, 2.24) is 0 Å². The highest BCUT2D eigenvalue weighted by atomic mass is 19.1. The molecule has 19 heavy (non-hydrogen) atoms. The Morgan fingerprint density at radius 2 is 1.95 bits per heavy atom. The third-order valence-electron chi connectivity index (χ3n) is 3.89. The quantitative estimate of drug-likeness (QED) is 0.682. The molecule has 1 aromatic rings. The fraction of sp³-hybridized carbons (Fsp3) is 0.625. The van der Waals surface area contributed by atoms with E-state index in [1.54, 1.807) is 13.0 Å². The molecule has 1 saturated carbocycles. The monoisotopic (exact) mass is 270 g/mol. The molecule has 2 rings (SSSR count). The molecule has 0 spiro atoms. The van der Waals surface area contributed by atoms with Crippen molar-refractivity contribution in [3.8, 4) is 5.75 Å². The van der Waals surface area contributed by atoms with Gasteiger partial charge in [-0.1, -0.05) is 38.2 Å². The number of rotatable bonds is 5. The van der Waals surface area contributed by atoms with Crippen molar-refractivity contribution in [2.45, 2.75) is 51.9 Å². The maximum Gasteiger partial charge on any atom is 0.129 e. The fourth-order valence-corrected chi connectivity index (χ4v) is 2.70. The van der Waals surface area contributed by atoms with Gasteiger partial charge in [0.15, 0.2) is 0 Å². The van der Waals surface area contributed by atoms with Crippen LogP contribution in [0.15, 0.2) is 18.2 Å². The predicted molar refractivity (Wildman–Crippen MR) is 74.9 cm³/mol. The van der Waals surface area contributed by atoms with Crippen molar-refractivity contribution in [2.75, 3.05) is 6.61 Å². The summed E-state index contributed by atoms with van der Waals surface area (Å²) in [6, 6.07) is 5.10. The second-order valence-corrected chi connectivity index (χ2v) is 5.41. The topological polar surface area (TPSA) is 9.23 Å². The number of hydrogen-bond donors (Lipinski definition) is 0. The summed E-state index contributed by atoms with van der Waals surface area (Å²) in [5, 5.41) is 0. The first-order valence-electron chi connectivity index (χ1n) is 7.14. The lowest BCUT2D eigenvalue weighted by molar-refractivity contribution is 0.268. The zero-order valence-electron chi connectivity index (χ0n) is 11.7. The SMILES string of the molecule is Cc1ccc(OCCCC2CCCCC2)cc1F.F. The van der Waals surface area contributed by atoms with Gasteiger partial charge < -0.3 is 4.74 Å². The Balaban J connectivity index is 0.00000180. The third kappa shape index (κ3) is 5.17. The van der Waals surface area contributed by atoms with Crippen LogP contribution in [0.1, 0.15) is 50.5 Å². The molecule has 0 aromatic heterocycles. The van der Waals surface area contributed by atoms with Crippen molar-refractivity contribution in [1.29, 1.82) is 0 Å². The van der Waals surface area contributed by atoms with Gasteiger partial charge in [-0.05, 0) is 37.3 Å². The van der Waals surface area contributed by atoms with Gasteiger partial charge in [-0.3, -0.25) is 4.70 Å². The summed E-state index contributed by atoms with van der Waals surface area (Å²) >= 11 is 0. The van der Waals surface area contributed by atoms with Crippen molar-refractivity contribution in [3.63, 3.8) is 0 Å². The molecule has 0 heterocycles. The molecule has 0 amide bonds. The lowest BCUT2D eigenvalue weighted by Gasteiger charge is -2.21. The van der Waals surface area contributed by atoms with E-state index in [2.05, 4.69) is 0 Å². The zero-order valence-corrected chi connectivity index (χ0v) is 11.7. The van der Waals surface area contributed by atoms with E-state index in [-0.39, 0.29) is 10.5 Å². The van der Waals surface area contributed by atoms with Gasteiger partial charge in [0.2, 0.25) is 0 Å². The minimum absolute atomic E-state index is 0. The van der Waals surface area contributed by atoms with Crippen molar-refractivity contribution in [2.24, 2.45) is 5.92 Å². The second-order valence-electron chi connectivity index (χ2n) is 5.41. The van der Waals surface area contributed by atoms with Crippen LogP contribution in [0.4, 0.5) is 9.09 Å². The molecule has 0 radical (unpaired) electrons. The van der Waals surface area contributed by atoms with Gasteiger partial charge in [-0.15, -0.1) is 0 Å². The van der Waals surface area contributed by atoms with E-state index < -0.39 is 0 Å². The van der Waals surface area contributed by atoms with Gasteiger partial charge in [0, 0.05) is 6.07 Å². The Labute approximate surface area is 114 Å². The molecule has 0 N–H and O–H groups in total. The number of benzene rings is 1. The predicted octanol–water partition coefficient (Wildman–Crippen LogP) is 5.03. The fourth-order valence-electron chi connectivity index (χ4n) is 2.70. The van der Waals surface area contributed by atoms with Gasteiger partial charge >= 0.3 is 0 Å². The largest absolute Gasteiger partial charge is 0.493 e. The maximum absolute atomic E-state index is 13.3. The highest BCUT2D eigenvalue weighted by Crippen LogP contribution is 2.27. The summed E-state index contributed by atoms with van der Waals surface area (Å²) in [5.74, 6) is 1.37. The van der Waals surface area contributed by atoms with E-state index in [4.69, 9.17) is 4.74 Å². The first kappa shape index (κ1) is 15.9. The van der Waals surface area contributed by atoms with Gasteiger partial charge in [-0.25, -0.2) is 4.39 Å². The van der Waals surface area contributed by atoms with Crippen molar-refractivity contribution >= 4 is 0 Å². The first-order chi connectivity index (χ1) is 8.75. The summed E-state index contributed by atoms with van der Waals surface area (Å²) in [6.07, 6.45) is 9.33. The van der Waals surface area contributed by atoms with Crippen LogP contribution in [0.5, 0.6) is 5.75 Å². The second kappa shape index (κ2) is 8.13. The molecule has 0 saturated heterocycles. The van der Waals surface area contributed by atoms with Gasteiger partial charge in [0.05, 0.1) is 6.61 Å². The Hall–Kier alpha value is -1.12. The van der Waals surface area contributed by atoms with E-state index in [0.717, 1.165) is 12.3 Å². The van der Waals surface area contributed by atoms with Crippen LogP contribution in [0.3, 0.4) is 0 Å². The molecule has 0 unspecified atom stereocenters. The highest BCUT2D eigenvalue weighted by Gasteiger charge is 2.12. The normalized spacial score (nSPS) is 15.9. The molecule has 0 aliphatic heterocycles. The standard InChI is InChI=1S/C16H23FO.FH/c1-13-9-10-15(12-16(13)17)18-11-5-8-14-6-3-2-4-7-14;/h9-10,12,14H,2-8,11H2,1H3;1H. The smallest absolute Gasteiger partial charge is 0.129 e. The Kier molecular flexibility index (Phi) is 6.82. The molecule has 0 bridgehead atoms. The molecule has 1 aliphatic rings. The highest BCUT2D eigenvalue weighted by molar-refractivity contribution is 5.27. The molecule has 1 aromatic carbocycles. The number of hydrogen-bond acceptors (Lipinski definition) is 1. The van der Waals surface area contributed by atoms with E-state index >= 15 is 0 Å². The third-order valence-corrected chi connectivity index (χ3v) is 3.89. The maximum atomic E-state index is 13.3. The summed E-state index contributed by atoms with van der Waals surface area (Å²) in [4.78, 5) is 0. The number of ether oxygens (including phenoxy) is 1. The summed E-state index contributed by atoms with van der Waals surface area (Å²) in [7, 11) is 0. The summed E-state index contributed by atoms with van der Waals surface area (Å²) in [5.41, 5.74) is 0.671. The van der Waals surface area contributed by atoms with E-state index in [9.17, 15) is 4.39 Å². The van der Waals surface area contributed by atoms with E-state index in [1.165, 1.54) is 44.6 Å².